The van der Waals surface area contributed by atoms with E-state index >= 15 is 0 Å². The van der Waals surface area contributed by atoms with Crippen molar-refractivity contribution < 1.29 is 59.1 Å². The number of carbonyl (C=O) groups is 7. The molecule has 3 fully saturated rings. The number of nitrogens with two attached hydrogens (primary N) is 1. The molecule has 19 heteroatoms. The lowest BCUT2D eigenvalue weighted by atomic mass is 10.0. The number of nitrogens with one attached hydrogen (secondary N) is 3. The maximum atomic E-state index is 13.9. The molecule has 3 aliphatic heterocycles. The second-order valence-electron chi connectivity index (χ2n) is 14.1. The van der Waals surface area contributed by atoms with Gasteiger partial charge in [-0.25, -0.2) is 4.79 Å². The first-order valence-electron chi connectivity index (χ1n) is 18.1. The number of carboxylic acids is 1. The normalized spacial score (nSPS) is 23.1. The van der Waals surface area contributed by atoms with Gasteiger partial charge in [0.25, 0.3) is 0 Å². The standard InChI is InChI=1S/C35H51N7O12/c1-18(44)27(38-29(47)22(36)16-20-9-11-21(46)12-10-20)31(49)39-28(19(2)45)34(52)41-14-4-7-25(41)33(51)40-13-3-6-24(40)30(48)37-23(17-43)32(50)42-15-5-8-26(42)35(53)54/h9-12,18-19,22-28,43-46H,3-8,13-17,36H2,1-2H3,(H,37,48)(H,38,47)(H,39,49)(H,53,54)/t18-,19-,22+,23+,24+,25+,26+,27+,28+/m1/s1. The van der Waals surface area contributed by atoms with Crippen molar-refractivity contribution in [2.75, 3.05) is 26.2 Å². The molecule has 6 amide bonds. The minimum Gasteiger partial charge on any atom is -0.508 e. The highest BCUT2D eigenvalue weighted by Gasteiger charge is 2.46. The van der Waals surface area contributed by atoms with Gasteiger partial charge in [-0.3, -0.25) is 28.8 Å². The van der Waals surface area contributed by atoms with Crippen molar-refractivity contribution in [3.63, 3.8) is 0 Å². The van der Waals surface area contributed by atoms with Gasteiger partial charge in [0.2, 0.25) is 35.4 Å². The van der Waals surface area contributed by atoms with Crippen LogP contribution in [0.15, 0.2) is 24.3 Å². The van der Waals surface area contributed by atoms with E-state index in [9.17, 15) is 59.1 Å². The maximum Gasteiger partial charge on any atom is 0.326 e. The second-order valence-corrected chi connectivity index (χ2v) is 14.1. The number of aromatic hydroxyl groups is 1. The molecule has 3 heterocycles. The summed E-state index contributed by atoms with van der Waals surface area (Å²) < 4.78 is 0. The molecule has 0 saturated carbocycles. The maximum absolute atomic E-state index is 13.9. The molecule has 0 unspecified atom stereocenters. The van der Waals surface area contributed by atoms with Gasteiger partial charge < -0.3 is 61.9 Å². The van der Waals surface area contributed by atoms with Crippen molar-refractivity contribution in [1.82, 2.24) is 30.7 Å². The number of phenolic OH excluding ortho intramolecular Hbond substituents is 1. The van der Waals surface area contributed by atoms with Crippen molar-refractivity contribution in [1.29, 1.82) is 0 Å². The fourth-order valence-corrected chi connectivity index (χ4v) is 7.18. The molecule has 1 aromatic rings. The largest absolute Gasteiger partial charge is 0.508 e. The summed E-state index contributed by atoms with van der Waals surface area (Å²) in [7, 11) is 0. The van der Waals surface area contributed by atoms with Crippen molar-refractivity contribution in [3.8, 4) is 5.75 Å². The van der Waals surface area contributed by atoms with Gasteiger partial charge in [0, 0.05) is 19.6 Å². The number of hydrogen-bond donors (Lipinski definition) is 9. The number of aliphatic hydroxyl groups is 3. The average molecular weight is 762 g/mol. The van der Waals surface area contributed by atoms with Crippen LogP contribution < -0.4 is 21.7 Å². The van der Waals surface area contributed by atoms with E-state index in [1.165, 1.54) is 35.8 Å². The van der Waals surface area contributed by atoms with E-state index in [1.807, 2.05) is 0 Å². The van der Waals surface area contributed by atoms with Crippen molar-refractivity contribution in [2.45, 2.75) is 113 Å². The lowest BCUT2D eigenvalue weighted by molar-refractivity contribution is -0.151. The smallest absolute Gasteiger partial charge is 0.326 e. The first-order chi connectivity index (χ1) is 25.5. The molecule has 0 radical (unpaired) electrons. The molecule has 0 bridgehead atoms. The number of aliphatic carboxylic acids is 1. The third kappa shape index (κ3) is 9.82. The summed E-state index contributed by atoms with van der Waals surface area (Å²) in [6, 6.07) is -2.95. The van der Waals surface area contributed by atoms with Gasteiger partial charge in [-0.15, -0.1) is 0 Å². The van der Waals surface area contributed by atoms with Gasteiger partial charge in [0.05, 0.1) is 24.9 Å². The van der Waals surface area contributed by atoms with Gasteiger partial charge in [0.15, 0.2) is 0 Å². The van der Waals surface area contributed by atoms with E-state index in [0.717, 1.165) is 4.90 Å². The summed E-state index contributed by atoms with van der Waals surface area (Å²) >= 11 is 0. The summed E-state index contributed by atoms with van der Waals surface area (Å²) in [4.78, 5) is 95.8. The number of carbonyl (C=O) groups excluding carboxylic acids is 6. The molecule has 10 N–H and O–H groups in total. The van der Waals surface area contributed by atoms with Crippen LogP contribution in [0.5, 0.6) is 5.75 Å². The predicted molar refractivity (Wildman–Crippen MR) is 188 cm³/mol. The van der Waals surface area contributed by atoms with Crippen molar-refractivity contribution in [2.24, 2.45) is 5.73 Å². The van der Waals surface area contributed by atoms with Gasteiger partial charge in [-0.05, 0) is 76.5 Å². The molecule has 0 aromatic heterocycles. The number of hydrogen-bond acceptors (Lipinski definition) is 12. The van der Waals surface area contributed by atoms with Crippen LogP contribution in [0.3, 0.4) is 0 Å². The average Bonchev–Trinajstić information content (AvgIpc) is 3.93. The molecule has 298 valence electrons. The Morgan fingerprint density at radius 2 is 1.26 bits per heavy atom. The monoisotopic (exact) mass is 761 g/mol. The highest BCUT2D eigenvalue weighted by Crippen LogP contribution is 2.26. The number of phenols is 1. The SMILES string of the molecule is C[C@@H](O)[C@H](NC(=O)[C@@H](N)Cc1ccc(O)cc1)C(=O)N[C@H](C(=O)N1CCC[C@H]1C(=O)N1CCC[C@H]1C(=O)N[C@@H](CO)C(=O)N1CCC[C@H]1C(=O)O)[C@@H](C)O. The zero-order valence-corrected chi connectivity index (χ0v) is 30.3. The molecule has 0 spiro atoms. The molecule has 19 nitrogen and oxygen atoms in total. The lowest BCUT2D eigenvalue weighted by Gasteiger charge is -2.34. The van der Waals surface area contributed by atoms with Crippen LogP contribution >= 0.6 is 0 Å². The topological polar surface area (TPSA) is 292 Å². The van der Waals surface area contributed by atoms with Crippen molar-refractivity contribution in [3.05, 3.63) is 29.8 Å². The number of carboxylic acid groups (broad SMARTS) is 1. The molecule has 3 aliphatic rings. The number of benzene rings is 1. The summed E-state index contributed by atoms with van der Waals surface area (Å²) in [5, 5.41) is 57.1. The fourth-order valence-electron chi connectivity index (χ4n) is 7.18. The third-order valence-electron chi connectivity index (χ3n) is 10.1. The zero-order valence-electron chi connectivity index (χ0n) is 30.3. The van der Waals surface area contributed by atoms with Crippen LogP contribution in [0.25, 0.3) is 0 Å². The number of nitrogens with zero attached hydrogens (tertiary/aromatic N) is 3. The molecule has 1 aromatic carbocycles. The second kappa shape index (κ2) is 18.5. The quantitative estimate of drug-likeness (QED) is 0.0841. The summed E-state index contributed by atoms with van der Waals surface area (Å²) in [6.07, 6.45) is -0.941. The minimum atomic E-state index is -1.59. The Labute approximate surface area is 311 Å². The van der Waals surface area contributed by atoms with Gasteiger partial charge in [-0.1, -0.05) is 12.1 Å². The fraction of sp³-hybridized carbons (Fsp3) is 0.629. The highest BCUT2D eigenvalue weighted by atomic mass is 16.4. The Balaban J connectivity index is 1.41. The highest BCUT2D eigenvalue weighted by molar-refractivity contribution is 5.98. The van der Waals surface area contributed by atoms with Crippen LogP contribution in [-0.2, 0) is 40.0 Å². The number of amides is 6. The molecule has 4 rings (SSSR count). The Morgan fingerprint density at radius 3 is 1.81 bits per heavy atom. The van der Waals surface area contributed by atoms with Gasteiger partial charge >= 0.3 is 5.97 Å². The number of likely N-dealkylation sites (tertiary alicyclic amines) is 3. The first-order valence-corrected chi connectivity index (χ1v) is 18.1. The molecule has 54 heavy (non-hydrogen) atoms. The van der Waals surface area contributed by atoms with Gasteiger partial charge in [0.1, 0.15) is 42.0 Å². The van der Waals surface area contributed by atoms with Crippen LogP contribution in [-0.4, -0.2) is 162 Å². The molecule has 9 atom stereocenters. The van der Waals surface area contributed by atoms with Crippen LogP contribution in [0.4, 0.5) is 0 Å². The summed E-state index contributed by atoms with van der Waals surface area (Å²) in [5.41, 5.74) is 6.65. The molecule has 3 saturated heterocycles. The van der Waals surface area contributed by atoms with Gasteiger partial charge in [-0.2, -0.15) is 0 Å². The lowest BCUT2D eigenvalue weighted by Crippen LogP contribution is -2.62. The number of aliphatic hydroxyl groups excluding tert-OH is 3. The Morgan fingerprint density at radius 1 is 0.741 bits per heavy atom. The van der Waals surface area contributed by atoms with E-state index in [4.69, 9.17) is 5.73 Å². The summed E-state index contributed by atoms with van der Waals surface area (Å²) in [6.45, 7) is 2.09. The summed E-state index contributed by atoms with van der Waals surface area (Å²) in [5.74, 6) is -5.80. The van der Waals surface area contributed by atoms with E-state index in [1.54, 1.807) is 12.1 Å². The van der Waals surface area contributed by atoms with Crippen LogP contribution in [0.2, 0.25) is 0 Å². The zero-order chi connectivity index (χ0) is 39.9. The molecular formula is C35H51N7O12. The predicted octanol–water partition coefficient (Wildman–Crippen LogP) is -3.47. The van der Waals surface area contributed by atoms with E-state index in [-0.39, 0.29) is 51.1 Å². The Bertz CT molecular complexity index is 1560. The molecular weight excluding hydrogens is 710 g/mol. The molecule has 0 aliphatic carbocycles. The Kier molecular flexibility index (Phi) is 14.3. The van der Waals surface area contributed by atoms with E-state index in [0.29, 0.717) is 24.8 Å². The minimum absolute atomic E-state index is 0.0243. The number of rotatable bonds is 15. The Hall–Kier alpha value is -4.85. The van der Waals surface area contributed by atoms with Crippen LogP contribution in [0.1, 0.15) is 57.9 Å². The van der Waals surface area contributed by atoms with E-state index < -0.39 is 103 Å². The first kappa shape index (κ1) is 41.9. The van der Waals surface area contributed by atoms with E-state index in [2.05, 4.69) is 16.0 Å². The third-order valence-corrected chi connectivity index (χ3v) is 10.1. The van der Waals surface area contributed by atoms with Crippen LogP contribution in [0, 0.1) is 0 Å². The van der Waals surface area contributed by atoms with Crippen molar-refractivity contribution >= 4 is 41.4 Å².